The molecular formula is C14H14F6O2. The van der Waals surface area contributed by atoms with E-state index >= 15 is 0 Å². The maximum Gasteiger partial charge on any atom is 0.408 e. The van der Waals surface area contributed by atoms with Crippen molar-refractivity contribution in [3.05, 3.63) is 29.8 Å². The molecule has 1 unspecified atom stereocenters. The van der Waals surface area contributed by atoms with Crippen LogP contribution in [0, 0.1) is 5.41 Å². The molecule has 22 heavy (non-hydrogen) atoms. The van der Waals surface area contributed by atoms with Gasteiger partial charge in [0.2, 0.25) is 5.41 Å². The molecule has 1 atom stereocenters. The quantitative estimate of drug-likeness (QED) is 0.736. The molecule has 0 saturated carbocycles. The van der Waals surface area contributed by atoms with E-state index in [0.29, 0.717) is 5.75 Å². The third-order valence-corrected chi connectivity index (χ3v) is 4.07. The fourth-order valence-corrected chi connectivity index (χ4v) is 2.97. The van der Waals surface area contributed by atoms with Gasteiger partial charge < -0.3 is 9.47 Å². The van der Waals surface area contributed by atoms with Crippen molar-refractivity contribution in [3.63, 3.8) is 0 Å². The molecule has 1 saturated heterocycles. The van der Waals surface area contributed by atoms with Gasteiger partial charge in [-0.2, -0.15) is 26.3 Å². The average molecular weight is 328 g/mol. The van der Waals surface area contributed by atoms with Crippen LogP contribution < -0.4 is 4.74 Å². The standard InChI is InChI=1S/C14H14F6O2/c1-11(2)12(13(15,16)17,14(18,19)20)10(22-11)8-4-6-9(21-3)7-5-8/h4-7,10H,1-3H3. The first kappa shape index (κ1) is 16.9. The summed E-state index contributed by atoms with van der Waals surface area (Å²) in [6.07, 6.45) is -13.1. The van der Waals surface area contributed by atoms with Crippen molar-refractivity contribution in [2.75, 3.05) is 7.11 Å². The van der Waals surface area contributed by atoms with Crippen molar-refractivity contribution < 1.29 is 35.8 Å². The van der Waals surface area contributed by atoms with Crippen molar-refractivity contribution in [3.8, 4) is 5.75 Å². The van der Waals surface area contributed by atoms with Gasteiger partial charge in [0.15, 0.2) is 0 Å². The summed E-state index contributed by atoms with van der Waals surface area (Å²) in [4.78, 5) is 0. The van der Waals surface area contributed by atoms with E-state index < -0.39 is 29.5 Å². The average Bonchev–Trinajstić information content (AvgIpc) is 2.33. The van der Waals surface area contributed by atoms with Gasteiger partial charge in [-0.05, 0) is 31.5 Å². The SMILES string of the molecule is COc1ccc(C2OC(C)(C)C2(C(F)(F)F)C(F)(F)F)cc1. The van der Waals surface area contributed by atoms with Gasteiger partial charge >= 0.3 is 12.4 Å². The first-order valence-corrected chi connectivity index (χ1v) is 6.33. The van der Waals surface area contributed by atoms with E-state index in [0.717, 1.165) is 26.0 Å². The van der Waals surface area contributed by atoms with Gasteiger partial charge in [0.25, 0.3) is 0 Å². The maximum atomic E-state index is 13.4. The minimum Gasteiger partial charge on any atom is -0.497 e. The maximum absolute atomic E-state index is 13.4. The lowest BCUT2D eigenvalue weighted by Gasteiger charge is -2.61. The highest BCUT2D eigenvalue weighted by Gasteiger charge is 2.87. The summed E-state index contributed by atoms with van der Waals surface area (Å²) in [5.41, 5.74) is -6.56. The Morgan fingerprint density at radius 3 is 1.73 bits per heavy atom. The highest BCUT2D eigenvalue weighted by Crippen LogP contribution is 2.71. The number of halogens is 6. The molecule has 0 aliphatic carbocycles. The Hall–Kier alpha value is -1.44. The molecule has 1 aliphatic heterocycles. The second kappa shape index (κ2) is 4.78. The van der Waals surface area contributed by atoms with Crippen LogP contribution in [0.5, 0.6) is 5.75 Å². The summed E-state index contributed by atoms with van der Waals surface area (Å²) >= 11 is 0. The number of hydrogen-bond acceptors (Lipinski definition) is 2. The number of benzene rings is 1. The highest BCUT2D eigenvalue weighted by molar-refractivity contribution is 5.34. The Kier molecular flexibility index (Phi) is 3.67. The Bertz CT molecular complexity index is 514. The second-order valence-corrected chi connectivity index (χ2v) is 5.58. The van der Waals surface area contributed by atoms with Gasteiger partial charge in [-0.1, -0.05) is 12.1 Å². The van der Waals surface area contributed by atoms with E-state index in [-0.39, 0.29) is 5.56 Å². The number of rotatable bonds is 2. The van der Waals surface area contributed by atoms with E-state index in [1.165, 1.54) is 19.2 Å². The van der Waals surface area contributed by atoms with E-state index in [2.05, 4.69) is 0 Å². The van der Waals surface area contributed by atoms with Gasteiger partial charge in [0.1, 0.15) is 11.9 Å². The van der Waals surface area contributed by atoms with Crippen LogP contribution in [-0.4, -0.2) is 25.1 Å². The highest BCUT2D eigenvalue weighted by atomic mass is 19.4. The van der Waals surface area contributed by atoms with Crippen LogP contribution in [0.4, 0.5) is 26.3 Å². The number of methoxy groups -OCH3 is 1. The van der Waals surface area contributed by atoms with Crippen LogP contribution in [0.3, 0.4) is 0 Å². The summed E-state index contributed by atoms with van der Waals surface area (Å²) in [6.45, 7) is 1.60. The van der Waals surface area contributed by atoms with Crippen LogP contribution in [-0.2, 0) is 4.74 Å². The predicted molar refractivity (Wildman–Crippen MR) is 65.4 cm³/mol. The zero-order valence-corrected chi connectivity index (χ0v) is 12.0. The van der Waals surface area contributed by atoms with Gasteiger partial charge in [-0.3, -0.25) is 0 Å². The summed E-state index contributed by atoms with van der Waals surface area (Å²) in [7, 11) is 1.34. The van der Waals surface area contributed by atoms with Crippen LogP contribution >= 0.6 is 0 Å². The minimum atomic E-state index is -5.50. The zero-order valence-electron chi connectivity index (χ0n) is 12.0. The van der Waals surface area contributed by atoms with Crippen LogP contribution in [0.2, 0.25) is 0 Å². The summed E-state index contributed by atoms with van der Waals surface area (Å²) in [5.74, 6) is 0.326. The molecule has 1 fully saturated rings. The normalized spacial score (nSPS) is 23.8. The topological polar surface area (TPSA) is 18.5 Å². The van der Waals surface area contributed by atoms with Gasteiger partial charge in [0, 0.05) is 0 Å². The summed E-state index contributed by atoms with van der Waals surface area (Å²) in [5, 5.41) is 0. The Labute approximate surface area is 123 Å². The Morgan fingerprint density at radius 2 is 1.41 bits per heavy atom. The molecule has 124 valence electrons. The van der Waals surface area contributed by atoms with Gasteiger partial charge in [-0.25, -0.2) is 0 Å². The lowest BCUT2D eigenvalue weighted by molar-refractivity contribution is -0.486. The van der Waals surface area contributed by atoms with E-state index in [1.807, 2.05) is 0 Å². The smallest absolute Gasteiger partial charge is 0.408 e. The fraction of sp³-hybridized carbons (Fsp3) is 0.571. The van der Waals surface area contributed by atoms with E-state index in [9.17, 15) is 26.3 Å². The molecule has 1 aromatic rings. The van der Waals surface area contributed by atoms with Crippen molar-refractivity contribution in [1.29, 1.82) is 0 Å². The molecule has 0 aromatic heterocycles. The summed E-state index contributed by atoms with van der Waals surface area (Å²) in [6, 6.07) is 4.87. The van der Waals surface area contributed by atoms with Crippen LogP contribution in [0.15, 0.2) is 24.3 Å². The monoisotopic (exact) mass is 328 g/mol. The number of hydrogen-bond donors (Lipinski definition) is 0. The molecule has 0 bridgehead atoms. The largest absolute Gasteiger partial charge is 0.497 e. The van der Waals surface area contributed by atoms with E-state index in [1.54, 1.807) is 0 Å². The van der Waals surface area contributed by atoms with Crippen LogP contribution in [0.1, 0.15) is 25.5 Å². The molecule has 2 nitrogen and oxygen atoms in total. The molecule has 1 aromatic carbocycles. The molecular weight excluding hydrogens is 314 g/mol. The molecule has 2 rings (SSSR count). The molecule has 0 amide bonds. The molecule has 1 aliphatic rings. The summed E-state index contributed by atoms with van der Waals surface area (Å²) < 4.78 is 90.2. The van der Waals surface area contributed by atoms with Crippen molar-refractivity contribution in [2.45, 2.75) is 37.9 Å². The van der Waals surface area contributed by atoms with Crippen molar-refractivity contribution in [1.82, 2.24) is 0 Å². The third kappa shape index (κ3) is 2.07. The lowest BCUT2D eigenvalue weighted by Crippen LogP contribution is -2.74. The van der Waals surface area contributed by atoms with Gasteiger partial charge in [0.05, 0.1) is 12.7 Å². The Morgan fingerprint density at radius 1 is 0.955 bits per heavy atom. The zero-order chi connectivity index (χ0) is 17.0. The number of ether oxygens (including phenoxy) is 2. The predicted octanol–water partition coefficient (Wildman–Crippen LogP) is 4.66. The fourth-order valence-electron chi connectivity index (χ4n) is 2.97. The second-order valence-electron chi connectivity index (χ2n) is 5.58. The minimum absolute atomic E-state index is 0.199. The third-order valence-electron chi connectivity index (χ3n) is 4.07. The lowest BCUT2D eigenvalue weighted by atomic mass is 9.61. The van der Waals surface area contributed by atoms with E-state index in [4.69, 9.17) is 9.47 Å². The van der Waals surface area contributed by atoms with Crippen molar-refractivity contribution >= 4 is 0 Å². The first-order valence-electron chi connectivity index (χ1n) is 6.33. The van der Waals surface area contributed by atoms with Gasteiger partial charge in [-0.15, -0.1) is 0 Å². The molecule has 0 radical (unpaired) electrons. The molecule has 1 heterocycles. The molecule has 0 spiro atoms. The number of alkyl halides is 6. The van der Waals surface area contributed by atoms with Crippen molar-refractivity contribution in [2.24, 2.45) is 5.41 Å². The first-order chi connectivity index (χ1) is 9.88. The Balaban J connectivity index is 2.56. The molecule has 8 heteroatoms. The van der Waals surface area contributed by atoms with Crippen LogP contribution in [0.25, 0.3) is 0 Å². The molecule has 0 N–H and O–H groups in total.